The molecule has 2 N–H and O–H groups in total. The van der Waals surface area contributed by atoms with E-state index in [0.717, 1.165) is 0 Å². The van der Waals surface area contributed by atoms with E-state index in [9.17, 15) is 4.79 Å². The lowest BCUT2D eigenvalue weighted by Crippen LogP contribution is -2.31. The molecule has 0 aromatic rings. The smallest absolute Gasteiger partial charge is 0.307 e. The fourth-order valence-corrected chi connectivity index (χ4v) is 1.96. The lowest BCUT2D eigenvalue weighted by atomic mass is 9.96. The number of ether oxygens (including phenoxy) is 1. The molecular formula is C10H19NO2. The molecule has 1 aliphatic rings. The van der Waals surface area contributed by atoms with Gasteiger partial charge in [-0.25, -0.2) is 0 Å². The lowest BCUT2D eigenvalue weighted by molar-refractivity contribution is -0.143. The maximum atomic E-state index is 11.1. The third-order valence-electron chi connectivity index (χ3n) is 2.71. The van der Waals surface area contributed by atoms with Gasteiger partial charge in [0, 0.05) is 6.04 Å². The van der Waals surface area contributed by atoms with Gasteiger partial charge in [-0.2, -0.15) is 0 Å². The fourth-order valence-electron chi connectivity index (χ4n) is 1.96. The predicted molar refractivity (Wildman–Crippen MR) is 51.2 cm³/mol. The first kappa shape index (κ1) is 10.5. The predicted octanol–water partition coefficient (Wildman–Crippen LogP) is 1.46. The van der Waals surface area contributed by atoms with Crippen LogP contribution in [0.15, 0.2) is 0 Å². The molecule has 0 radical (unpaired) electrons. The Morgan fingerprint density at radius 1 is 1.54 bits per heavy atom. The molecule has 1 saturated carbocycles. The van der Waals surface area contributed by atoms with Gasteiger partial charge in [0.25, 0.3) is 0 Å². The summed E-state index contributed by atoms with van der Waals surface area (Å²) in [5.74, 6) is 0.395. The summed E-state index contributed by atoms with van der Waals surface area (Å²) >= 11 is 0. The van der Waals surface area contributed by atoms with Crippen LogP contribution in [-0.4, -0.2) is 18.6 Å². The SMILES string of the molecule is CCOC(=O)C[C@H](N)C1CCCC1. The largest absolute Gasteiger partial charge is 0.466 e. The zero-order valence-corrected chi connectivity index (χ0v) is 8.29. The second-order valence-corrected chi connectivity index (χ2v) is 3.72. The number of hydrogen-bond donors (Lipinski definition) is 1. The first-order valence-corrected chi connectivity index (χ1v) is 5.15. The Hall–Kier alpha value is -0.570. The highest BCUT2D eigenvalue weighted by molar-refractivity contribution is 5.70. The molecular weight excluding hydrogens is 166 g/mol. The topological polar surface area (TPSA) is 52.3 Å². The van der Waals surface area contributed by atoms with Gasteiger partial charge in [-0.05, 0) is 25.7 Å². The molecule has 0 spiro atoms. The van der Waals surface area contributed by atoms with E-state index in [0.29, 0.717) is 18.9 Å². The van der Waals surface area contributed by atoms with Crippen LogP contribution in [0.2, 0.25) is 0 Å². The second-order valence-electron chi connectivity index (χ2n) is 3.72. The molecule has 0 aliphatic heterocycles. The van der Waals surface area contributed by atoms with Crippen molar-refractivity contribution < 1.29 is 9.53 Å². The van der Waals surface area contributed by atoms with E-state index in [1.165, 1.54) is 25.7 Å². The van der Waals surface area contributed by atoms with Gasteiger partial charge < -0.3 is 10.5 Å². The fraction of sp³-hybridized carbons (Fsp3) is 0.900. The van der Waals surface area contributed by atoms with Crippen molar-refractivity contribution in [3.8, 4) is 0 Å². The molecule has 13 heavy (non-hydrogen) atoms. The quantitative estimate of drug-likeness (QED) is 0.674. The van der Waals surface area contributed by atoms with Gasteiger partial charge in [0.1, 0.15) is 0 Å². The van der Waals surface area contributed by atoms with Crippen molar-refractivity contribution in [3.63, 3.8) is 0 Å². The summed E-state index contributed by atoms with van der Waals surface area (Å²) in [5, 5.41) is 0. The van der Waals surface area contributed by atoms with Crippen molar-refractivity contribution in [2.24, 2.45) is 11.7 Å². The Morgan fingerprint density at radius 3 is 2.69 bits per heavy atom. The summed E-state index contributed by atoms with van der Waals surface area (Å²) in [6.07, 6.45) is 5.28. The Kier molecular flexibility index (Phi) is 4.22. The molecule has 3 heteroatoms. The average Bonchev–Trinajstić information content (AvgIpc) is 2.55. The first-order chi connectivity index (χ1) is 6.24. The van der Waals surface area contributed by atoms with E-state index in [2.05, 4.69) is 0 Å². The van der Waals surface area contributed by atoms with E-state index < -0.39 is 0 Å². The monoisotopic (exact) mass is 185 g/mol. The third kappa shape index (κ3) is 3.35. The van der Waals surface area contributed by atoms with Crippen molar-refractivity contribution >= 4 is 5.97 Å². The number of esters is 1. The highest BCUT2D eigenvalue weighted by Gasteiger charge is 2.24. The Balaban J connectivity index is 2.22. The van der Waals surface area contributed by atoms with E-state index >= 15 is 0 Å². The number of hydrogen-bond acceptors (Lipinski definition) is 3. The molecule has 3 nitrogen and oxygen atoms in total. The van der Waals surface area contributed by atoms with Crippen LogP contribution in [0.4, 0.5) is 0 Å². The van der Waals surface area contributed by atoms with Gasteiger partial charge in [0.2, 0.25) is 0 Å². The Bertz CT molecular complexity index is 164. The summed E-state index contributed by atoms with van der Waals surface area (Å²) in [6, 6.07) is 0.0153. The van der Waals surface area contributed by atoms with Crippen molar-refractivity contribution in [2.75, 3.05) is 6.61 Å². The second kappa shape index (κ2) is 5.22. The molecule has 0 aromatic carbocycles. The van der Waals surface area contributed by atoms with Crippen LogP contribution in [0.3, 0.4) is 0 Å². The summed E-state index contributed by atoms with van der Waals surface area (Å²) in [5.41, 5.74) is 5.91. The molecule has 0 heterocycles. The molecule has 1 atom stereocenters. The highest BCUT2D eigenvalue weighted by Crippen LogP contribution is 2.27. The van der Waals surface area contributed by atoms with Crippen molar-refractivity contribution in [1.29, 1.82) is 0 Å². The summed E-state index contributed by atoms with van der Waals surface area (Å²) < 4.78 is 4.85. The van der Waals surface area contributed by atoms with Gasteiger partial charge in [0.15, 0.2) is 0 Å². The number of nitrogens with two attached hydrogens (primary N) is 1. The zero-order valence-electron chi connectivity index (χ0n) is 8.29. The van der Waals surface area contributed by atoms with Crippen LogP contribution in [0.5, 0.6) is 0 Å². The molecule has 0 amide bonds. The van der Waals surface area contributed by atoms with Gasteiger partial charge in [-0.3, -0.25) is 4.79 Å². The molecule has 0 unspecified atom stereocenters. The normalized spacial score (nSPS) is 20.2. The van der Waals surface area contributed by atoms with Gasteiger partial charge in [-0.1, -0.05) is 12.8 Å². The van der Waals surface area contributed by atoms with Crippen LogP contribution < -0.4 is 5.73 Å². The van der Waals surface area contributed by atoms with Crippen molar-refractivity contribution in [3.05, 3.63) is 0 Å². The number of carbonyl (C=O) groups excluding carboxylic acids is 1. The number of carbonyl (C=O) groups is 1. The maximum Gasteiger partial charge on any atom is 0.307 e. The Morgan fingerprint density at radius 2 is 2.15 bits per heavy atom. The highest BCUT2D eigenvalue weighted by atomic mass is 16.5. The summed E-state index contributed by atoms with van der Waals surface area (Å²) in [7, 11) is 0. The van der Waals surface area contributed by atoms with Crippen LogP contribution in [-0.2, 0) is 9.53 Å². The zero-order chi connectivity index (χ0) is 9.68. The molecule has 0 aromatic heterocycles. The maximum absolute atomic E-state index is 11.1. The summed E-state index contributed by atoms with van der Waals surface area (Å²) in [6.45, 7) is 2.27. The van der Waals surface area contributed by atoms with Crippen LogP contribution in [0, 0.1) is 5.92 Å². The van der Waals surface area contributed by atoms with Gasteiger partial charge in [-0.15, -0.1) is 0 Å². The van der Waals surface area contributed by atoms with Crippen LogP contribution in [0.25, 0.3) is 0 Å². The third-order valence-corrected chi connectivity index (χ3v) is 2.71. The van der Waals surface area contributed by atoms with Gasteiger partial charge in [0.05, 0.1) is 13.0 Å². The minimum atomic E-state index is -0.151. The van der Waals surface area contributed by atoms with Gasteiger partial charge >= 0.3 is 5.97 Å². The molecule has 76 valence electrons. The number of rotatable bonds is 4. The minimum Gasteiger partial charge on any atom is -0.466 e. The molecule has 0 saturated heterocycles. The van der Waals surface area contributed by atoms with Crippen molar-refractivity contribution in [2.45, 2.75) is 45.1 Å². The molecule has 1 fully saturated rings. The lowest BCUT2D eigenvalue weighted by Gasteiger charge is -2.17. The standard InChI is InChI=1S/C10H19NO2/c1-2-13-10(12)7-9(11)8-5-3-4-6-8/h8-9H,2-7,11H2,1H3/t9-/m0/s1. The van der Waals surface area contributed by atoms with Crippen LogP contribution in [0.1, 0.15) is 39.0 Å². The van der Waals surface area contributed by atoms with E-state index in [4.69, 9.17) is 10.5 Å². The Labute approximate surface area is 79.6 Å². The molecule has 1 rings (SSSR count). The first-order valence-electron chi connectivity index (χ1n) is 5.15. The average molecular weight is 185 g/mol. The minimum absolute atomic E-state index is 0.0153. The van der Waals surface area contributed by atoms with E-state index in [1.54, 1.807) is 0 Å². The van der Waals surface area contributed by atoms with Crippen molar-refractivity contribution in [1.82, 2.24) is 0 Å². The molecule has 1 aliphatic carbocycles. The van der Waals surface area contributed by atoms with Crippen LogP contribution >= 0.6 is 0 Å². The molecule has 0 bridgehead atoms. The van der Waals surface area contributed by atoms with E-state index in [1.807, 2.05) is 6.92 Å². The van der Waals surface area contributed by atoms with E-state index in [-0.39, 0.29) is 12.0 Å². The summed E-state index contributed by atoms with van der Waals surface area (Å²) in [4.78, 5) is 11.1.